The number of carbonyl (C=O) groups is 2. The third-order valence-electron chi connectivity index (χ3n) is 4.84. The van der Waals surface area contributed by atoms with Crippen molar-refractivity contribution in [3.05, 3.63) is 28.2 Å². The first-order chi connectivity index (χ1) is 13.2. The molecule has 0 unspecified atom stereocenters. The monoisotopic (exact) mass is 405 g/mol. The minimum Gasteiger partial charge on any atom is -0.335 e. The fraction of sp³-hybridized carbons (Fsp3) is 0.556. The quantitative estimate of drug-likeness (QED) is 0.691. The summed E-state index contributed by atoms with van der Waals surface area (Å²) < 4.78 is 2.16. The van der Waals surface area contributed by atoms with Crippen molar-refractivity contribution in [1.82, 2.24) is 25.4 Å². The van der Waals surface area contributed by atoms with E-state index in [0.717, 1.165) is 55.9 Å². The van der Waals surface area contributed by atoms with Crippen LogP contribution in [0, 0.1) is 0 Å². The van der Waals surface area contributed by atoms with E-state index in [4.69, 9.17) is 0 Å². The van der Waals surface area contributed by atoms with E-state index in [-0.39, 0.29) is 17.7 Å². The SMILES string of the molecule is O=C(CSc1nnc(Cc2cccs2)n1C1CC1)NC(=O)NC1CCCC1. The molecule has 2 aliphatic carbocycles. The van der Waals surface area contributed by atoms with E-state index in [1.807, 2.05) is 6.07 Å². The van der Waals surface area contributed by atoms with E-state index >= 15 is 0 Å². The first kappa shape index (κ1) is 18.5. The van der Waals surface area contributed by atoms with Crippen molar-refractivity contribution < 1.29 is 9.59 Å². The lowest BCUT2D eigenvalue weighted by molar-refractivity contribution is -0.117. The average molecular weight is 406 g/mol. The standard InChI is InChI=1S/C18H23N5O2S2/c24-16(20-17(25)19-12-4-1-2-5-12)11-27-18-22-21-15(23(18)13-7-8-13)10-14-6-3-9-26-14/h3,6,9,12-13H,1-2,4-5,7-8,10-11H2,(H2,19,20,24,25). The number of carbonyl (C=O) groups excluding carboxylic acids is 2. The Balaban J connectivity index is 1.31. The second kappa shape index (κ2) is 8.43. The van der Waals surface area contributed by atoms with Crippen molar-refractivity contribution in [3.63, 3.8) is 0 Å². The van der Waals surface area contributed by atoms with Crippen molar-refractivity contribution >= 4 is 35.0 Å². The van der Waals surface area contributed by atoms with Crippen LogP contribution in [-0.2, 0) is 11.2 Å². The molecule has 2 heterocycles. The summed E-state index contributed by atoms with van der Waals surface area (Å²) in [6.45, 7) is 0. The second-order valence-electron chi connectivity index (χ2n) is 7.05. The van der Waals surface area contributed by atoms with Gasteiger partial charge in [-0.25, -0.2) is 4.79 Å². The average Bonchev–Trinajstić information content (AvgIpc) is 3.05. The normalized spacial score (nSPS) is 17.2. The molecule has 27 heavy (non-hydrogen) atoms. The summed E-state index contributed by atoms with van der Waals surface area (Å²) in [7, 11) is 0. The molecule has 2 aromatic heterocycles. The summed E-state index contributed by atoms with van der Waals surface area (Å²) in [5.74, 6) is 0.796. The van der Waals surface area contributed by atoms with Crippen molar-refractivity contribution in [2.24, 2.45) is 0 Å². The second-order valence-corrected chi connectivity index (χ2v) is 9.02. The molecule has 2 aromatic rings. The molecule has 2 N–H and O–H groups in total. The predicted molar refractivity (Wildman–Crippen MR) is 105 cm³/mol. The highest BCUT2D eigenvalue weighted by Crippen LogP contribution is 2.39. The van der Waals surface area contributed by atoms with E-state index in [0.29, 0.717) is 6.04 Å². The lowest BCUT2D eigenvalue weighted by Crippen LogP contribution is -2.44. The van der Waals surface area contributed by atoms with E-state index in [1.165, 1.54) is 16.6 Å². The fourth-order valence-corrected chi connectivity index (χ4v) is 4.91. The Labute approximate surface area is 166 Å². The van der Waals surface area contributed by atoms with E-state index in [9.17, 15) is 9.59 Å². The lowest BCUT2D eigenvalue weighted by atomic mass is 10.2. The molecule has 0 saturated heterocycles. The Morgan fingerprint density at radius 3 is 2.74 bits per heavy atom. The number of thiophene rings is 1. The van der Waals surface area contributed by atoms with Crippen LogP contribution in [0.2, 0.25) is 0 Å². The van der Waals surface area contributed by atoms with Crippen molar-refractivity contribution in [3.8, 4) is 0 Å². The Kier molecular flexibility index (Phi) is 5.77. The number of amides is 3. The van der Waals surface area contributed by atoms with E-state index in [1.54, 1.807) is 11.3 Å². The summed E-state index contributed by atoms with van der Waals surface area (Å²) in [5, 5.41) is 16.7. The van der Waals surface area contributed by atoms with Crippen molar-refractivity contribution in [2.45, 2.75) is 62.2 Å². The summed E-state index contributed by atoms with van der Waals surface area (Å²) in [6.07, 6.45) is 7.27. The third-order valence-corrected chi connectivity index (χ3v) is 6.65. The van der Waals surface area contributed by atoms with Gasteiger partial charge in [-0.1, -0.05) is 30.7 Å². The smallest absolute Gasteiger partial charge is 0.321 e. The predicted octanol–water partition coefficient (Wildman–Crippen LogP) is 3.13. The van der Waals surface area contributed by atoms with Crippen LogP contribution < -0.4 is 10.6 Å². The molecule has 7 nitrogen and oxygen atoms in total. The molecule has 0 aliphatic heterocycles. The molecule has 0 radical (unpaired) electrons. The van der Waals surface area contributed by atoms with Crippen LogP contribution in [0.3, 0.4) is 0 Å². The van der Waals surface area contributed by atoms with Crippen molar-refractivity contribution in [1.29, 1.82) is 0 Å². The molecule has 144 valence electrons. The van der Waals surface area contributed by atoms with Crippen LogP contribution in [0.15, 0.2) is 22.7 Å². The van der Waals surface area contributed by atoms with Gasteiger partial charge in [0, 0.05) is 23.4 Å². The number of rotatable bonds is 7. The summed E-state index contributed by atoms with van der Waals surface area (Å²) in [6, 6.07) is 4.37. The van der Waals surface area contributed by atoms with Gasteiger partial charge in [-0.15, -0.1) is 21.5 Å². The van der Waals surface area contributed by atoms with Crippen LogP contribution in [0.25, 0.3) is 0 Å². The zero-order valence-corrected chi connectivity index (χ0v) is 16.7. The summed E-state index contributed by atoms with van der Waals surface area (Å²) in [5.41, 5.74) is 0. The molecular weight excluding hydrogens is 382 g/mol. The van der Waals surface area contributed by atoms with Gasteiger partial charge in [-0.05, 0) is 37.1 Å². The number of nitrogens with one attached hydrogen (secondary N) is 2. The minimum absolute atomic E-state index is 0.155. The Morgan fingerprint density at radius 2 is 2.04 bits per heavy atom. The van der Waals surface area contributed by atoms with Gasteiger partial charge in [-0.2, -0.15) is 0 Å². The molecule has 0 atom stereocenters. The highest BCUT2D eigenvalue weighted by Gasteiger charge is 2.30. The molecule has 9 heteroatoms. The first-order valence-electron chi connectivity index (χ1n) is 9.38. The molecule has 2 saturated carbocycles. The van der Waals surface area contributed by atoms with Crippen molar-refractivity contribution in [2.75, 3.05) is 5.75 Å². The van der Waals surface area contributed by atoms with Crippen LogP contribution in [0.5, 0.6) is 0 Å². The van der Waals surface area contributed by atoms with Crippen LogP contribution in [0.4, 0.5) is 4.79 Å². The molecule has 0 bridgehead atoms. The maximum Gasteiger partial charge on any atom is 0.321 e. The van der Waals surface area contributed by atoms with Gasteiger partial charge in [0.25, 0.3) is 0 Å². The fourth-order valence-electron chi connectivity index (χ4n) is 3.38. The molecule has 0 spiro atoms. The van der Waals surface area contributed by atoms with Crippen LogP contribution in [0.1, 0.15) is 55.3 Å². The largest absolute Gasteiger partial charge is 0.335 e. The molecule has 2 aliphatic rings. The van der Waals surface area contributed by atoms with Gasteiger partial charge in [0.05, 0.1) is 5.75 Å². The number of aromatic nitrogens is 3. The summed E-state index contributed by atoms with van der Waals surface area (Å²) >= 11 is 3.05. The molecular formula is C18H23N5O2S2. The van der Waals surface area contributed by atoms with Gasteiger partial charge in [0.15, 0.2) is 5.16 Å². The number of hydrogen-bond donors (Lipinski definition) is 2. The number of hydrogen-bond acceptors (Lipinski definition) is 6. The topological polar surface area (TPSA) is 88.9 Å². The summed E-state index contributed by atoms with van der Waals surface area (Å²) in [4.78, 5) is 25.3. The Morgan fingerprint density at radius 1 is 1.22 bits per heavy atom. The maximum atomic E-state index is 12.1. The molecule has 4 rings (SSSR count). The zero-order chi connectivity index (χ0) is 18.6. The molecule has 3 amide bonds. The highest BCUT2D eigenvalue weighted by atomic mass is 32.2. The lowest BCUT2D eigenvalue weighted by Gasteiger charge is -2.12. The van der Waals surface area contributed by atoms with Crippen LogP contribution in [-0.4, -0.2) is 38.5 Å². The highest BCUT2D eigenvalue weighted by molar-refractivity contribution is 7.99. The Hall–Kier alpha value is -1.87. The van der Waals surface area contributed by atoms with Gasteiger partial charge in [0.2, 0.25) is 5.91 Å². The van der Waals surface area contributed by atoms with E-state index < -0.39 is 6.03 Å². The number of urea groups is 1. The zero-order valence-electron chi connectivity index (χ0n) is 15.0. The first-order valence-corrected chi connectivity index (χ1v) is 11.2. The Bertz CT molecular complexity index is 795. The van der Waals surface area contributed by atoms with Gasteiger partial charge in [-0.3, -0.25) is 10.1 Å². The molecule has 2 fully saturated rings. The molecule has 0 aromatic carbocycles. The minimum atomic E-state index is -0.394. The van der Waals surface area contributed by atoms with Crippen LogP contribution >= 0.6 is 23.1 Å². The maximum absolute atomic E-state index is 12.1. The van der Waals surface area contributed by atoms with Gasteiger partial charge in [0.1, 0.15) is 5.82 Å². The number of nitrogens with zero attached hydrogens (tertiary/aromatic N) is 3. The number of imide groups is 1. The van der Waals surface area contributed by atoms with Gasteiger partial charge < -0.3 is 9.88 Å². The van der Waals surface area contributed by atoms with Gasteiger partial charge >= 0.3 is 6.03 Å². The van der Waals surface area contributed by atoms with E-state index in [2.05, 4.69) is 36.8 Å². The number of thioether (sulfide) groups is 1. The third kappa shape index (κ3) is 4.90.